The number of amidine groups is 1. The Hall–Kier alpha value is -3.95. The van der Waals surface area contributed by atoms with E-state index in [1.807, 2.05) is 56.4 Å². The van der Waals surface area contributed by atoms with Gasteiger partial charge in [-0.25, -0.2) is 4.99 Å². The number of anilines is 2. The van der Waals surface area contributed by atoms with Crippen LogP contribution in [0.2, 0.25) is 0 Å². The summed E-state index contributed by atoms with van der Waals surface area (Å²) in [5.41, 5.74) is 3.99. The van der Waals surface area contributed by atoms with E-state index in [9.17, 15) is 10.1 Å². The largest absolute Gasteiger partial charge is 0.492 e. The fourth-order valence-corrected chi connectivity index (χ4v) is 7.57. The molecule has 44 heavy (non-hydrogen) atoms. The first-order valence-electron chi connectivity index (χ1n) is 14.7. The molecule has 0 saturated carbocycles. The summed E-state index contributed by atoms with van der Waals surface area (Å²) in [5, 5.41) is 14.3. The molecule has 3 aliphatic heterocycles. The van der Waals surface area contributed by atoms with Gasteiger partial charge in [-0.15, -0.1) is 0 Å². The zero-order valence-electron chi connectivity index (χ0n) is 24.8. The standard InChI is InChI=1S/C33H34N6O3S2/c1-3-35-26-11-9-24(21-34)19-27(26)36-33-39(22-23-7-5-4-6-8-23)31(40)30(44-33)32-37(2)28-12-10-25(20-29(28)43-32)42-18-15-38-13-16-41-17-14-38/h4-12,19-20,35H,3,13-18,22H2,1-2H3/b32-30-,36-33?. The molecule has 3 aromatic carbocycles. The van der Waals surface area contributed by atoms with Gasteiger partial charge in [0.15, 0.2) is 5.17 Å². The summed E-state index contributed by atoms with van der Waals surface area (Å²) < 4.78 is 11.5. The van der Waals surface area contributed by atoms with E-state index >= 15 is 0 Å². The van der Waals surface area contributed by atoms with Crippen LogP contribution in [0.25, 0.3) is 0 Å². The molecule has 6 rings (SSSR count). The molecule has 3 aliphatic rings. The number of amides is 1. The first-order chi connectivity index (χ1) is 21.5. The summed E-state index contributed by atoms with van der Waals surface area (Å²) in [5.74, 6) is 0.721. The number of ether oxygens (including phenoxy) is 2. The lowest BCUT2D eigenvalue weighted by molar-refractivity contribution is -0.122. The summed E-state index contributed by atoms with van der Waals surface area (Å²) in [6, 6.07) is 23.6. The number of carbonyl (C=O) groups is 1. The highest BCUT2D eigenvalue weighted by Gasteiger charge is 2.39. The topological polar surface area (TPSA) is 93.4 Å². The van der Waals surface area contributed by atoms with Crippen LogP contribution in [0, 0.1) is 11.3 Å². The number of aliphatic imine (C=N–C) groups is 1. The monoisotopic (exact) mass is 626 g/mol. The Morgan fingerprint density at radius 2 is 1.89 bits per heavy atom. The van der Waals surface area contributed by atoms with Crippen molar-refractivity contribution in [3.63, 3.8) is 0 Å². The Labute approximate surface area is 266 Å². The van der Waals surface area contributed by atoms with Crippen LogP contribution < -0.4 is 15.0 Å². The van der Waals surface area contributed by atoms with Gasteiger partial charge in [-0.05, 0) is 60.6 Å². The number of nitriles is 1. The molecule has 11 heteroatoms. The first-order valence-corrected chi connectivity index (χ1v) is 16.3. The number of carbonyl (C=O) groups excluding carboxylic acids is 1. The van der Waals surface area contributed by atoms with Crippen molar-refractivity contribution in [2.24, 2.45) is 4.99 Å². The number of hydrogen-bond donors (Lipinski definition) is 1. The summed E-state index contributed by atoms with van der Waals surface area (Å²) in [6.07, 6.45) is 0. The Morgan fingerprint density at radius 1 is 1.07 bits per heavy atom. The average Bonchev–Trinajstić information content (AvgIpc) is 3.53. The van der Waals surface area contributed by atoms with Crippen LogP contribution in [-0.2, 0) is 16.1 Å². The molecule has 0 bridgehead atoms. The van der Waals surface area contributed by atoms with Crippen molar-refractivity contribution in [3.05, 3.63) is 87.8 Å². The third-order valence-corrected chi connectivity index (χ3v) is 9.95. The lowest BCUT2D eigenvalue weighted by Gasteiger charge is -2.26. The average molecular weight is 627 g/mol. The van der Waals surface area contributed by atoms with Gasteiger partial charge in [0.05, 0.1) is 53.5 Å². The van der Waals surface area contributed by atoms with Crippen LogP contribution in [0.3, 0.4) is 0 Å². The van der Waals surface area contributed by atoms with Crippen molar-refractivity contribution < 1.29 is 14.3 Å². The molecule has 0 unspecified atom stereocenters. The highest BCUT2D eigenvalue weighted by Crippen LogP contribution is 2.51. The minimum atomic E-state index is -0.0943. The van der Waals surface area contributed by atoms with E-state index in [1.165, 1.54) is 11.8 Å². The molecular formula is C33H34N6O3S2. The first kappa shape index (κ1) is 30.1. The van der Waals surface area contributed by atoms with Gasteiger partial charge in [-0.2, -0.15) is 5.26 Å². The number of nitrogens with one attached hydrogen (secondary N) is 1. The third-order valence-electron chi connectivity index (χ3n) is 7.54. The van der Waals surface area contributed by atoms with Crippen LogP contribution in [0.4, 0.5) is 17.1 Å². The molecule has 3 heterocycles. The molecule has 2 fully saturated rings. The molecule has 2 saturated heterocycles. The molecule has 226 valence electrons. The maximum Gasteiger partial charge on any atom is 0.269 e. The molecule has 0 aliphatic carbocycles. The van der Waals surface area contributed by atoms with E-state index in [0.717, 1.165) is 65.5 Å². The molecular weight excluding hydrogens is 593 g/mol. The fourth-order valence-electron chi connectivity index (χ4n) is 5.20. The molecule has 1 amide bonds. The quantitative estimate of drug-likeness (QED) is 0.293. The number of fused-ring (bicyclic) bond motifs is 1. The molecule has 0 aromatic heterocycles. The lowest BCUT2D eigenvalue weighted by atomic mass is 10.2. The predicted octanol–water partition coefficient (Wildman–Crippen LogP) is 5.88. The molecule has 0 radical (unpaired) electrons. The van der Waals surface area contributed by atoms with Crippen molar-refractivity contribution in [2.75, 3.05) is 63.3 Å². The van der Waals surface area contributed by atoms with E-state index in [4.69, 9.17) is 14.5 Å². The minimum Gasteiger partial charge on any atom is -0.492 e. The second-order valence-corrected chi connectivity index (χ2v) is 12.5. The van der Waals surface area contributed by atoms with E-state index in [1.54, 1.807) is 28.8 Å². The zero-order valence-corrected chi connectivity index (χ0v) is 26.4. The second-order valence-electron chi connectivity index (χ2n) is 10.5. The number of benzene rings is 3. The van der Waals surface area contributed by atoms with Crippen LogP contribution in [0.5, 0.6) is 5.75 Å². The Bertz CT molecular complexity index is 1630. The predicted molar refractivity (Wildman–Crippen MR) is 177 cm³/mol. The van der Waals surface area contributed by atoms with Gasteiger partial charge >= 0.3 is 0 Å². The highest BCUT2D eigenvalue weighted by atomic mass is 32.2. The summed E-state index contributed by atoms with van der Waals surface area (Å²) in [7, 11) is 1.99. The number of rotatable bonds is 9. The highest BCUT2D eigenvalue weighted by molar-refractivity contribution is 8.19. The number of morpholine rings is 1. The smallest absolute Gasteiger partial charge is 0.269 e. The molecule has 0 atom stereocenters. The number of thioether (sulfide) groups is 2. The zero-order chi connectivity index (χ0) is 30.5. The molecule has 9 nitrogen and oxygen atoms in total. The van der Waals surface area contributed by atoms with Gasteiger partial charge in [0.1, 0.15) is 17.3 Å². The van der Waals surface area contributed by atoms with E-state index in [-0.39, 0.29) is 5.91 Å². The summed E-state index contributed by atoms with van der Waals surface area (Å²) in [4.78, 5) is 26.9. The molecule has 0 spiro atoms. The van der Waals surface area contributed by atoms with Gasteiger partial charge in [0.25, 0.3) is 5.91 Å². The van der Waals surface area contributed by atoms with Gasteiger partial charge < -0.3 is 19.7 Å². The minimum absolute atomic E-state index is 0.0943. The van der Waals surface area contributed by atoms with Crippen LogP contribution in [0.1, 0.15) is 18.1 Å². The molecule has 3 aromatic rings. The maximum absolute atomic E-state index is 14.1. The SMILES string of the molecule is CCNc1ccc(C#N)cc1N=C1S/C(=C2\Sc3cc(OCCN4CCOCC4)ccc3N2C)C(=O)N1Cc1ccccc1. The van der Waals surface area contributed by atoms with Crippen molar-refractivity contribution in [2.45, 2.75) is 18.4 Å². The van der Waals surface area contributed by atoms with Crippen molar-refractivity contribution in [1.29, 1.82) is 5.26 Å². The van der Waals surface area contributed by atoms with E-state index in [0.29, 0.717) is 41.0 Å². The fraction of sp³-hybridized carbons (Fsp3) is 0.303. The van der Waals surface area contributed by atoms with E-state index in [2.05, 4.69) is 33.3 Å². The van der Waals surface area contributed by atoms with Gasteiger partial charge in [0, 0.05) is 38.1 Å². The lowest BCUT2D eigenvalue weighted by Crippen LogP contribution is -2.38. The van der Waals surface area contributed by atoms with Crippen molar-refractivity contribution >= 4 is 51.7 Å². The summed E-state index contributed by atoms with van der Waals surface area (Å²) in [6.45, 7) is 7.99. The van der Waals surface area contributed by atoms with Gasteiger partial charge in [0.2, 0.25) is 0 Å². The van der Waals surface area contributed by atoms with Crippen LogP contribution in [0.15, 0.2) is 86.6 Å². The van der Waals surface area contributed by atoms with Gasteiger partial charge in [-0.3, -0.25) is 14.6 Å². The van der Waals surface area contributed by atoms with Gasteiger partial charge in [-0.1, -0.05) is 42.1 Å². The van der Waals surface area contributed by atoms with Crippen LogP contribution >= 0.6 is 23.5 Å². The molecule has 1 N–H and O–H groups in total. The maximum atomic E-state index is 14.1. The normalized spacial score (nSPS) is 19.4. The second kappa shape index (κ2) is 13.8. The number of nitrogens with zero attached hydrogens (tertiary/aromatic N) is 5. The van der Waals surface area contributed by atoms with Crippen molar-refractivity contribution in [1.82, 2.24) is 9.80 Å². The number of hydrogen-bond acceptors (Lipinski definition) is 10. The van der Waals surface area contributed by atoms with Crippen molar-refractivity contribution in [3.8, 4) is 11.8 Å². The van der Waals surface area contributed by atoms with E-state index < -0.39 is 0 Å². The summed E-state index contributed by atoms with van der Waals surface area (Å²) >= 11 is 2.95. The third kappa shape index (κ3) is 6.59. The Morgan fingerprint density at radius 3 is 2.66 bits per heavy atom. The Balaban J connectivity index is 1.28. The van der Waals surface area contributed by atoms with Crippen LogP contribution in [-0.4, -0.2) is 73.9 Å². The Kier molecular flexibility index (Phi) is 9.43.